The van der Waals surface area contributed by atoms with Gasteiger partial charge in [-0.15, -0.1) is 0 Å². The number of ether oxygens (including phenoxy) is 1. The lowest BCUT2D eigenvalue weighted by molar-refractivity contribution is -0.154. The van der Waals surface area contributed by atoms with Gasteiger partial charge >= 0.3 is 5.97 Å². The summed E-state index contributed by atoms with van der Waals surface area (Å²) in [6.07, 6.45) is -1.47. The van der Waals surface area contributed by atoms with Crippen LogP contribution in [0.5, 0.6) is 0 Å². The maximum Gasteiger partial charge on any atom is 0.307 e. The van der Waals surface area contributed by atoms with Gasteiger partial charge in [0.2, 0.25) is 6.10 Å². The number of aryl methyl sites for hydroxylation is 2. The van der Waals surface area contributed by atoms with Gasteiger partial charge in [0.15, 0.2) is 5.78 Å². The topological polar surface area (TPSA) is 72.5 Å². The molecule has 0 saturated carbocycles. The zero-order valence-corrected chi connectivity index (χ0v) is 17.9. The van der Waals surface area contributed by atoms with Crippen molar-refractivity contribution < 1.29 is 23.5 Å². The SMILES string of the molecule is Cc1cc(C)cc(NC(=O)[C@H](OC(=O)CCC(=O)c2ccc(F)cc2)c2ccccc2)c1. The summed E-state index contributed by atoms with van der Waals surface area (Å²) in [5, 5.41) is 2.80. The summed E-state index contributed by atoms with van der Waals surface area (Å²) >= 11 is 0. The van der Waals surface area contributed by atoms with Gasteiger partial charge in [-0.05, 0) is 61.4 Å². The largest absolute Gasteiger partial charge is 0.447 e. The van der Waals surface area contributed by atoms with Gasteiger partial charge in [0.25, 0.3) is 5.91 Å². The fourth-order valence-corrected chi connectivity index (χ4v) is 3.34. The summed E-state index contributed by atoms with van der Waals surface area (Å²) < 4.78 is 18.5. The van der Waals surface area contributed by atoms with Crippen LogP contribution >= 0.6 is 0 Å². The molecule has 5 nitrogen and oxygen atoms in total. The molecule has 0 aromatic heterocycles. The Balaban J connectivity index is 1.68. The molecule has 0 radical (unpaired) electrons. The summed E-state index contributed by atoms with van der Waals surface area (Å²) in [5.41, 5.74) is 3.43. The van der Waals surface area contributed by atoms with Crippen LogP contribution in [0.15, 0.2) is 72.8 Å². The van der Waals surface area contributed by atoms with Crippen molar-refractivity contribution >= 4 is 23.3 Å². The summed E-state index contributed by atoms with van der Waals surface area (Å²) in [6, 6.07) is 19.4. The number of rotatable bonds is 8. The van der Waals surface area contributed by atoms with Crippen molar-refractivity contribution in [1.82, 2.24) is 0 Å². The first-order valence-corrected chi connectivity index (χ1v) is 10.2. The average Bonchev–Trinajstić information content (AvgIpc) is 2.76. The molecule has 3 rings (SSSR count). The predicted octanol–water partition coefficient (Wildman–Crippen LogP) is 5.33. The van der Waals surface area contributed by atoms with Crippen molar-refractivity contribution in [1.29, 1.82) is 0 Å². The highest BCUT2D eigenvalue weighted by Gasteiger charge is 2.25. The van der Waals surface area contributed by atoms with Crippen LogP contribution in [0.3, 0.4) is 0 Å². The summed E-state index contributed by atoms with van der Waals surface area (Å²) in [6.45, 7) is 3.85. The van der Waals surface area contributed by atoms with E-state index in [1.165, 1.54) is 24.3 Å². The van der Waals surface area contributed by atoms with E-state index >= 15 is 0 Å². The van der Waals surface area contributed by atoms with Gasteiger partial charge < -0.3 is 10.1 Å². The second-order valence-corrected chi connectivity index (χ2v) is 7.58. The number of ketones is 1. The number of benzene rings is 3. The third kappa shape index (κ3) is 6.35. The molecule has 1 atom stereocenters. The number of amides is 1. The van der Waals surface area contributed by atoms with E-state index in [2.05, 4.69) is 5.32 Å². The highest BCUT2D eigenvalue weighted by atomic mass is 19.1. The molecule has 0 unspecified atom stereocenters. The average molecular weight is 433 g/mol. The highest BCUT2D eigenvalue weighted by molar-refractivity contribution is 5.98. The van der Waals surface area contributed by atoms with E-state index < -0.39 is 23.8 Å². The van der Waals surface area contributed by atoms with Crippen LogP contribution in [-0.4, -0.2) is 17.7 Å². The van der Waals surface area contributed by atoms with Crippen molar-refractivity contribution in [2.24, 2.45) is 0 Å². The third-order valence-corrected chi connectivity index (χ3v) is 4.80. The van der Waals surface area contributed by atoms with Crippen molar-refractivity contribution in [2.45, 2.75) is 32.8 Å². The summed E-state index contributed by atoms with van der Waals surface area (Å²) in [5.74, 6) is -1.91. The Hall–Kier alpha value is -3.80. The minimum absolute atomic E-state index is 0.106. The minimum atomic E-state index is -1.16. The van der Waals surface area contributed by atoms with E-state index in [9.17, 15) is 18.8 Å². The quantitative estimate of drug-likeness (QED) is 0.385. The normalized spacial score (nSPS) is 11.5. The fraction of sp³-hybridized carbons (Fsp3) is 0.192. The Kier molecular flexibility index (Phi) is 7.49. The molecule has 0 aliphatic carbocycles. The van der Waals surface area contributed by atoms with E-state index in [1.54, 1.807) is 30.3 Å². The Morgan fingerprint density at radius 2 is 1.50 bits per heavy atom. The van der Waals surface area contributed by atoms with Gasteiger partial charge in [-0.3, -0.25) is 14.4 Å². The van der Waals surface area contributed by atoms with Gasteiger partial charge in [-0.1, -0.05) is 36.4 Å². The Morgan fingerprint density at radius 3 is 2.12 bits per heavy atom. The number of nitrogens with one attached hydrogen (secondary N) is 1. The predicted molar refractivity (Wildman–Crippen MR) is 120 cm³/mol. The van der Waals surface area contributed by atoms with Gasteiger partial charge in [0.05, 0.1) is 6.42 Å². The van der Waals surface area contributed by atoms with Crippen LogP contribution in [-0.2, 0) is 14.3 Å². The molecule has 0 aliphatic heterocycles. The second kappa shape index (κ2) is 10.5. The maximum atomic E-state index is 13.0. The highest BCUT2D eigenvalue weighted by Crippen LogP contribution is 2.22. The zero-order chi connectivity index (χ0) is 23.1. The Morgan fingerprint density at radius 1 is 0.875 bits per heavy atom. The first-order valence-electron chi connectivity index (χ1n) is 10.2. The molecular formula is C26H24FNO4. The summed E-state index contributed by atoms with van der Waals surface area (Å²) in [7, 11) is 0. The van der Waals surface area contributed by atoms with E-state index in [0.717, 1.165) is 11.1 Å². The second-order valence-electron chi connectivity index (χ2n) is 7.58. The van der Waals surface area contributed by atoms with Gasteiger partial charge in [-0.2, -0.15) is 0 Å². The lowest BCUT2D eigenvalue weighted by atomic mass is 10.1. The van der Waals surface area contributed by atoms with Crippen LogP contribution in [0.1, 0.15) is 46.0 Å². The molecular weight excluding hydrogens is 409 g/mol. The number of carbonyl (C=O) groups excluding carboxylic acids is 3. The Labute approximate surface area is 186 Å². The molecule has 6 heteroatoms. The van der Waals surface area contributed by atoms with E-state index in [1.807, 2.05) is 32.0 Å². The molecule has 0 spiro atoms. The third-order valence-electron chi connectivity index (χ3n) is 4.80. The molecule has 0 bridgehead atoms. The molecule has 3 aromatic carbocycles. The smallest absolute Gasteiger partial charge is 0.307 e. The molecule has 1 N–H and O–H groups in total. The van der Waals surface area contributed by atoms with Crippen molar-refractivity contribution in [3.05, 3.63) is 101 Å². The number of carbonyl (C=O) groups is 3. The Bertz CT molecular complexity index is 1090. The number of anilines is 1. The lowest BCUT2D eigenvalue weighted by Gasteiger charge is -2.18. The van der Waals surface area contributed by atoms with E-state index in [-0.39, 0.29) is 18.6 Å². The van der Waals surface area contributed by atoms with E-state index in [4.69, 9.17) is 4.74 Å². The molecule has 0 fully saturated rings. The van der Waals surface area contributed by atoms with Crippen molar-refractivity contribution in [3.8, 4) is 0 Å². The van der Waals surface area contributed by atoms with Crippen molar-refractivity contribution in [2.75, 3.05) is 5.32 Å². The van der Waals surface area contributed by atoms with Crippen LogP contribution in [0, 0.1) is 19.7 Å². The van der Waals surface area contributed by atoms with Gasteiger partial charge in [0, 0.05) is 23.2 Å². The first-order chi connectivity index (χ1) is 15.3. The van der Waals surface area contributed by atoms with Gasteiger partial charge in [0.1, 0.15) is 5.82 Å². The van der Waals surface area contributed by atoms with Crippen LogP contribution < -0.4 is 5.32 Å². The number of esters is 1. The van der Waals surface area contributed by atoms with Crippen LogP contribution in [0.25, 0.3) is 0 Å². The number of hydrogen-bond donors (Lipinski definition) is 1. The van der Waals surface area contributed by atoms with Crippen LogP contribution in [0.2, 0.25) is 0 Å². The monoisotopic (exact) mass is 433 g/mol. The lowest BCUT2D eigenvalue weighted by Crippen LogP contribution is -2.26. The first kappa shape index (κ1) is 22.9. The molecule has 0 saturated heterocycles. The molecule has 1 amide bonds. The molecule has 32 heavy (non-hydrogen) atoms. The fourth-order valence-electron chi connectivity index (χ4n) is 3.34. The molecule has 3 aromatic rings. The summed E-state index contributed by atoms with van der Waals surface area (Å²) in [4.78, 5) is 37.7. The van der Waals surface area contributed by atoms with E-state index in [0.29, 0.717) is 16.8 Å². The van der Waals surface area contributed by atoms with Gasteiger partial charge in [-0.25, -0.2) is 4.39 Å². The molecule has 0 aliphatic rings. The minimum Gasteiger partial charge on any atom is -0.447 e. The van der Waals surface area contributed by atoms with Crippen LogP contribution in [0.4, 0.5) is 10.1 Å². The molecule has 164 valence electrons. The number of halogens is 1. The standard InChI is InChI=1S/C26H24FNO4/c1-17-14-18(2)16-22(15-17)28-26(31)25(20-6-4-3-5-7-20)32-24(30)13-12-23(29)19-8-10-21(27)11-9-19/h3-11,14-16,25H,12-13H2,1-2H3,(H,28,31)/t25-/m1/s1. The number of Topliss-reactive ketones (excluding diaryl/α,β-unsaturated/α-hetero) is 1. The zero-order valence-electron chi connectivity index (χ0n) is 17.9. The van der Waals surface area contributed by atoms with Crippen molar-refractivity contribution in [3.63, 3.8) is 0 Å². The molecule has 0 heterocycles. The maximum absolute atomic E-state index is 13.0. The number of hydrogen-bond acceptors (Lipinski definition) is 4.